The Morgan fingerprint density at radius 1 is 1.38 bits per heavy atom. The van der Waals surface area contributed by atoms with Crippen molar-refractivity contribution in [1.82, 2.24) is 10.3 Å². The zero-order valence-corrected chi connectivity index (χ0v) is 11.6. The Labute approximate surface area is 112 Å². The molecule has 1 aromatic carbocycles. The van der Waals surface area contributed by atoms with Gasteiger partial charge in [0.15, 0.2) is 0 Å². The van der Waals surface area contributed by atoms with Gasteiger partial charge in [-0.15, -0.1) is 11.3 Å². The number of benzene rings is 1. The maximum absolute atomic E-state index is 6.01. The number of halogens is 2. The molecule has 2 aromatic rings. The highest BCUT2D eigenvalue weighted by atomic mass is 79.9. The summed E-state index contributed by atoms with van der Waals surface area (Å²) in [5.41, 5.74) is 4.09. The van der Waals surface area contributed by atoms with Gasteiger partial charge in [-0.1, -0.05) is 17.7 Å². The van der Waals surface area contributed by atoms with Crippen molar-refractivity contribution in [3.8, 4) is 0 Å². The summed E-state index contributed by atoms with van der Waals surface area (Å²) in [6, 6.07) is 5.96. The molecule has 0 bridgehead atoms. The van der Waals surface area contributed by atoms with Crippen molar-refractivity contribution in [3.05, 3.63) is 49.8 Å². The molecule has 2 rings (SSSR count). The van der Waals surface area contributed by atoms with Crippen LogP contribution >= 0.6 is 38.9 Å². The van der Waals surface area contributed by atoms with E-state index in [1.54, 1.807) is 11.3 Å². The molecule has 0 spiro atoms. The molecule has 2 nitrogen and oxygen atoms in total. The van der Waals surface area contributed by atoms with Crippen LogP contribution in [0.4, 0.5) is 0 Å². The van der Waals surface area contributed by atoms with Crippen molar-refractivity contribution in [2.75, 3.05) is 0 Å². The second kappa shape index (κ2) is 5.77. The molecule has 0 unspecified atom stereocenters. The van der Waals surface area contributed by atoms with Crippen molar-refractivity contribution < 1.29 is 0 Å². The summed E-state index contributed by atoms with van der Waals surface area (Å²) in [7, 11) is 0. The maximum atomic E-state index is 6.01. The molecule has 1 N–H and O–H groups in total. The van der Waals surface area contributed by atoms with Crippen LogP contribution in [0.2, 0.25) is 5.02 Å². The van der Waals surface area contributed by atoms with Gasteiger partial charge in [0.1, 0.15) is 0 Å². The summed E-state index contributed by atoms with van der Waals surface area (Å²) < 4.78 is 0.928. The van der Waals surface area contributed by atoms with E-state index in [1.165, 1.54) is 5.56 Å². The molecule has 0 saturated heterocycles. The Morgan fingerprint density at radius 3 is 2.94 bits per heavy atom. The lowest BCUT2D eigenvalue weighted by Crippen LogP contribution is -2.12. The molecular formula is C11H10BrClN2S. The quantitative estimate of drug-likeness (QED) is 0.926. The molecule has 0 saturated carbocycles. The van der Waals surface area contributed by atoms with Crippen LogP contribution in [0.5, 0.6) is 0 Å². The first-order chi connectivity index (χ1) is 7.75. The fraction of sp³-hybridized carbons (Fsp3) is 0.182. The fourth-order valence-electron chi connectivity index (χ4n) is 1.31. The average Bonchev–Trinajstić information content (AvgIpc) is 2.76. The largest absolute Gasteiger partial charge is 0.307 e. The normalized spacial score (nSPS) is 10.6. The van der Waals surface area contributed by atoms with Crippen LogP contribution in [-0.2, 0) is 13.1 Å². The average molecular weight is 318 g/mol. The Bertz CT molecular complexity index is 459. The fourth-order valence-corrected chi connectivity index (χ4v) is 2.32. The Morgan fingerprint density at radius 2 is 2.25 bits per heavy atom. The predicted octanol–water partition coefficient (Wildman–Crippen LogP) is 3.85. The van der Waals surface area contributed by atoms with Crippen LogP contribution in [0, 0.1) is 0 Å². The highest BCUT2D eigenvalue weighted by molar-refractivity contribution is 9.10. The minimum atomic E-state index is 0.743. The number of thiazole rings is 1. The number of hydrogen-bond donors (Lipinski definition) is 1. The van der Waals surface area contributed by atoms with Crippen molar-refractivity contribution in [2.24, 2.45) is 0 Å². The lowest BCUT2D eigenvalue weighted by Gasteiger charge is -2.04. The van der Waals surface area contributed by atoms with Crippen LogP contribution < -0.4 is 5.32 Å². The summed E-state index contributed by atoms with van der Waals surface area (Å²) >= 11 is 11.0. The van der Waals surface area contributed by atoms with Crippen molar-refractivity contribution in [2.45, 2.75) is 13.1 Å². The lowest BCUT2D eigenvalue weighted by atomic mass is 10.2. The third kappa shape index (κ3) is 3.28. The molecule has 0 fully saturated rings. The lowest BCUT2D eigenvalue weighted by molar-refractivity contribution is 0.682. The molecule has 0 amide bonds. The SMILES string of the molecule is Clc1cc(CNCc2cscn2)ccc1Br. The first-order valence-corrected chi connectivity index (χ1v) is 6.89. The predicted molar refractivity (Wildman–Crippen MR) is 71.8 cm³/mol. The zero-order chi connectivity index (χ0) is 11.4. The van der Waals surface area contributed by atoms with Crippen LogP contribution in [-0.4, -0.2) is 4.98 Å². The van der Waals surface area contributed by atoms with E-state index in [-0.39, 0.29) is 0 Å². The van der Waals surface area contributed by atoms with Gasteiger partial charge in [0, 0.05) is 22.9 Å². The van der Waals surface area contributed by atoms with Crippen molar-refractivity contribution >= 4 is 38.9 Å². The molecule has 5 heteroatoms. The third-order valence-corrected chi connectivity index (χ3v) is 3.97. The number of aromatic nitrogens is 1. The van der Waals surface area contributed by atoms with Gasteiger partial charge in [0.2, 0.25) is 0 Å². The van der Waals surface area contributed by atoms with E-state index in [0.717, 1.165) is 28.3 Å². The number of rotatable bonds is 4. The van der Waals surface area contributed by atoms with E-state index in [2.05, 4.69) is 26.2 Å². The van der Waals surface area contributed by atoms with Crippen LogP contribution in [0.1, 0.15) is 11.3 Å². The number of nitrogens with zero attached hydrogens (tertiary/aromatic N) is 1. The molecule has 16 heavy (non-hydrogen) atoms. The minimum absolute atomic E-state index is 0.743. The second-order valence-corrected chi connectivity index (χ2v) is 5.31. The molecular weight excluding hydrogens is 308 g/mol. The molecule has 1 heterocycles. The van der Waals surface area contributed by atoms with Gasteiger partial charge >= 0.3 is 0 Å². The van der Waals surface area contributed by atoms with E-state index in [0.29, 0.717) is 0 Å². The van der Waals surface area contributed by atoms with Gasteiger partial charge in [-0.25, -0.2) is 4.98 Å². The van der Waals surface area contributed by atoms with E-state index in [4.69, 9.17) is 11.6 Å². The third-order valence-electron chi connectivity index (χ3n) is 2.10. The summed E-state index contributed by atoms with van der Waals surface area (Å²) in [5, 5.41) is 6.11. The first-order valence-electron chi connectivity index (χ1n) is 4.77. The summed E-state index contributed by atoms with van der Waals surface area (Å²) in [4.78, 5) is 4.20. The molecule has 0 aliphatic heterocycles. The van der Waals surface area contributed by atoms with Gasteiger partial charge in [-0.05, 0) is 33.6 Å². The van der Waals surface area contributed by atoms with Crippen LogP contribution in [0.3, 0.4) is 0 Å². The van der Waals surface area contributed by atoms with Crippen LogP contribution in [0.15, 0.2) is 33.6 Å². The first kappa shape index (κ1) is 12.0. The maximum Gasteiger partial charge on any atom is 0.0795 e. The summed E-state index contributed by atoms with van der Waals surface area (Å²) in [5.74, 6) is 0. The number of nitrogens with one attached hydrogen (secondary N) is 1. The Balaban J connectivity index is 1.87. The van der Waals surface area contributed by atoms with E-state index >= 15 is 0 Å². The van der Waals surface area contributed by atoms with Gasteiger partial charge < -0.3 is 5.32 Å². The zero-order valence-electron chi connectivity index (χ0n) is 8.41. The Hall–Kier alpha value is -0.420. The second-order valence-electron chi connectivity index (χ2n) is 3.33. The van der Waals surface area contributed by atoms with Gasteiger partial charge in [-0.2, -0.15) is 0 Å². The standard InChI is InChI=1S/C11H10BrClN2S/c12-10-2-1-8(3-11(10)13)4-14-5-9-6-16-7-15-9/h1-3,6-7,14H,4-5H2. The van der Waals surface area contributed by atoms with E-state index in [1.807, 2.05) is 29.1 Å². The highest BCUT2D eigenvalue weighted by Gasteiger charge is 1.99. The molecule has 0 aliphatic rings. The van der Waals surface area contributed by atoms with E-state index < -0.39 is 0 Å². The monoisotopic (exact) mass is 316 g/mol. The van der Waals surface area contributed by atoms with Crippen LogP contribution in [0.25, 0.3) is 0 Å². The molecule has 0 atom stereocenters. The molecule has 84 valence electrons. The smallest absolute Gasteiger partial charge is 0.0795 e. The summed E-state index contributed by atoms with van der Waals surface area (Å²) in [6.07, 6.45) is 0. The molecule has 0 radical (unpaired) electrons. The highest BCUT2D eigenvalue weighted by Crippen LogP contribution is 2.23. The molecule has 1 aromatic heterocycles. The van der Waals surface area contributed by atoms with Gasteiger partial charge in [0.05, 0.1) is 16.2 Å². The number of hydrogen-bond acceptors (Lipinski definition) is 3. The van der Waals surface area contributed by atoms with E-state index in [9.17, 15) is 0 Å². The molecule has 0 aliphatic carbocycles. The summed E-state index contributed by atoms with van der Waals surface area (Å²) in [6.45, 7) is 1.59. The van der Waals surface area contributed by atoms with Gasteiger partial charge in [-0.3, -0.25) is 0 Å². The van der Waals surface area contributed by atoms with Crippen molar-refractivity contribution in [1.29, 1.82) is 0 Å². The Kier molecular flexibility index (Phi) is 4.35. The van der Waals surface area contributed by atoms with Gasteiger partial charge in [0.25, 0.3) is 0 Å². The topological polar surface area (TPSA) is 24.9 Å². The minimum Gasteiger partial charge on any atom is -0.307 e. The van der Waals surface area contributed by atoms with Crippen molar-refractivity contribution in [3.63, 3.8) is 0 Å².